The van der Waals surface area contributed by atoms with Crippen LogP contribution in [0.5, 0.6) is 0 Å². The number of carbonyl (C=O) groups is 1. The Labute approximate surface area is 117 Å². The summed E-state index contributed by atoms with van der Waals surface area (Å²) < 4.78 is 5.93. The van der Waals surface area contributed by atoms with E-state index in [9.17, 15) is 4.79 Å². The Hall–Kier alpha value is -0.870. The fourth-order valence-corrected chi connectivity index (χ4v) is 2.11. The molecule has 0 bridgehead atoms. The van der Waals surface area contributed by atoms with E-state index >= 15 is 0 Å². The van der Waals surface area contributed by atoms with Crippen LogP contribution in [-0.2, 0) is 16.0 Å². The molecule has 0 saturated carbocycles. The zero-order valence-electron chi connectivity index (χ0n) is 11.1. The summed E-state index contributed by atoms with van der Waals surface area (Å²) in [6.45, 7) is 4.75. The minimum Gasteiger partial charge on any atom is -0.468 e. The van der Waals surface area contributed by atoms with Crippen LogP contribution in [0.3, 0.4) is 0 Å². The third-order valence-corrected chi connectivity index (χ3v) is 3.40. The molecule has 0 aliphatic rings. The largest absolute Gasteiger partial charge is 0.468 e. The highest BCUT2D eigenvalue weighted by Gasteiger charge is 2.33. The molecule has 0 heterocycles. The topological polar surface area (TPSA) is 38.3 Å². The zero-order chi connectivity index (χ0) is 13.6. The SMILES string of the molecule is CCCNC(C)(Cc1ccc(Br)cc1)C(=O)OC. The van der Waals surface area contributed by atoms with Gasteiger partial charge in [0.25, 0.3) is 0 Å². The molecule has 1 unspecified atom stereocenters. The Kier molecular flexibility index (Phi) is 5.82. The molecule has 1 atom stereocenters. The van der Waals surface area contributed by atoms with Crippen LogP contribution in [-0.4, -0.2) is 25.2 Å². The van der Waals surface area contributed by atoms with Crippen molar-refractivity contribution in [3.63, 3.8) is 0 Å². The van der Waals surface area contributed by atoms with Crippen LogP contribution in [0.15, 0.2) is 28.7 Å². The summed E-state index contributed by atoms with van der Waals surface area (Å²) in [5.74, 6) is -0.223. The number of halogens is 1. The number of carbonyl (C=O) groups excluding carboxylic acids is 1. The van der Waals surface area contributed by atoms with E-state index in [2.05, 4.69) is 28.2 Å². The highest BCUT2D eigenvalue weighted by Crippen LogP contribution is 2.17. The lowest BCUT2D eigenvalue weighted by atomic mass is 9.92. The molecule has 1 aromatic carbocycles. The Morgan fingerprint density at radius 3 is 2.50 bits per heavy atom. The van der Waals surface area contributed by atoms with Crippen LogP contribution < -0.4 is 5.32 Å². The first-order chi connectivity index (χ1) is 8.51. The summed E-state index contributed by atoms with van der Waals surface area (Å²) in [4.78, 5) is 11.9. The molecule has 1 aromatic rings. The summed E-state index contributed by atoms with van der Waals surface area (Å²) in [5, 5.41) is 3.27. The van der Waals surface area contributed by atoms with Crippen molar-refractivity contribution in [1.29, 1.82) is 0 Å². The van der Waals surface area contributed by atoms with Crippen LogP contribution in [0.1, 0.15) is 25.8 Å². The van der Waals surface area contributed by atoms with E-state index in [1.807, 2.05) is 31.2 Å². The Morgan fingerprint density at radius 2 is 2.00 bits per heavy atom. The average molecular weight is 314 g/mol. The maximum absolute atomic E-state index is 11.9. The van der Waals surface area contributed by atoms with Crippen molar-refractivity contribution in [3.8, 4) is 0 Å². The van der Waals surface area contributed by atoms with Gasteiger partial charge in [0.2, 0.25) is 0 Å². The molecular weight excluding hydrogens is 294 g/mol. The lowest BCUT2D eigenvalue weighted by molar-refractivity contribution is -0.147. The van der Waals surface area contributed by atoms with E-state index in [1.165, 1.54) is 7.11 Å². The fraction of sp³-hybridized carbons (Fsp3) is 0.500. The van der Waals surface area contributed by atoms with E-state index in [-0.39, 0.29) is 5.97 Å². The van der Waals surface area contributed by atoms with Gasteiger partial charge in [-0.15, -0.1) is 0 Å². The zero-order valence-corrected chi connectivity index (χ0v) is 12.7. The molecule has 0 spiro atoms. The standard InChI is InChI=1S/C14H20BrNO2/c1-4-9-16-14(2,13(17)18-3)10-11-5-7-12(15)8-6-11/h5-8,16H,4,9-10H2,1-3H3. The van der Waals surface area contributed by atoms with Gasteiger partial charge in [0.05, 0.1) is 7.11 Å². The van der Waals surface area contributed by atoms with Crippen LogP contribution in [0, 0.1) is 0 Å². The number of hydrogen-bond acceptors (Lipinski definition) is 3. The van der Waals surface area contributed by atoms with Gasteiger partial charge < -0.3 is 10.1 Å². The van der Waals surface area contributed by atoms with Gasteiger partial charge >= 0.3 is 5.97 Å². The predicted octanol–water partition coefficient (Wildman–Crippen LogP) is 2.92. The number of ether oxygens (including phenoxy) is 1. The quantitative estimate of drug-likeness (QED) is 0.821. The van der Waals surface area contributed by atoms with E-state index < -0.39 is 5.54 Å². The first kappa shape index (κ1) is 15.2. The molecule has 3 nitrogen and oxygen atoms in total. The Bertz CT molecular complexity index is 391. The fourth-order valence-electron chi connectivity index (χ4n) is 1.84. The molecule has 1 N–H and O–H groups in total. The Morgan fingerprint density at radius 1 is 1.39 bits per heavy atom. The molecule has 0 saturated heterocycles. The van der Waals surface area contributed by atoms with E-state index in [4.69, 9.17) is 4.74 Å². The van der Waals surface area contributed by atoms with Gasteiger partial charge in [-0.3, -0.25) is 4.79 Å². The summed E-state index contributed by atoms with van der Waals surface area (Å²) in [7, 11) is 1.43. The lowest BCUT2D eigenvalue weighted by Crippen LogP contribution is -2.52. The summed E-state index contributed by atoms with van der Waals surface area (Å²) in [6.07, 6.45) is 1.60. The van der Waals surface area contributed by atoms with Gasteiger partial charge in [0.15, 0.2) is 0 Å². The molecule has 0 aliphatic heterocycles. The number of hydrogen-bond donors (Lipinski definition) is 1. The van der Waals surface area contributed by atoms with Gasteiger partial charge in [-0.1, -0.05) is 35.0 Å². The monoisotopic (exact) mass is 313 g/mol. The van der Waals surface area contributed by atoms with Crippen molar-refractivity contribution in [2.45, 2.75) is 32.2 Å². The lowest BCUT2D eigenvalue weighted by Gasteiger charge is -2.28. The van der Waals surface area contributed by atoms with Crippen molar-refractivity contribution in [2.75, 3.05) is 13.7 Å². The Balaban J connectivity index is 2.83. The average Bonchev–Trinajstić information content (AvgIpc) is 2.38. The summed E-state index contributed by atoms with van der Waals surface area (Å²) in [5.41, 5.74) is 0.438. The number of methoxy groups -OCH3 is 1. The summed E-state index contributed by atoms with van der Waals surface area (Å²) in [6, 6.07) is 7.98. The molecule has 0 amide bonds. The third-order valence-electron chi connectivity index (χ3n) is 2.87. The maximum Gasteiger partial charge on any atom is 0.326 e. The van der Waals surface area contributed by atoms with Crippen molar-refractivity contribution in [2.24, 2.45) is 0 Å². The highest BCUT2D eigenvalue weighted by atomic mass is 79.9. The van der Waals surface area contributed by atoms with Crippen molar-refractivity contribution in [1.82, 2.24) is 5.32 Å². The van der Waals surface area contributed by atoms with Crippen LogP contribution in [0.25, 0.3) is 0 Å². The molecule has 0 radical (unpaired) electrons. The smallest absolute Gasteiger partial charge is 0.326 e. The minimum absolute atomic E-state index is 0.223. The number of nitrogens with one attached hydrogen (secondary N) is 1. The number of esters is 1. The van der Waals surface area contributed by atoms with E-state index in [0.717, 1.165) is 23.0 Å². The first-order valence-corrected chi connectivity index (χ1v) is 6.89. The van der Waals surface area contributed by atoms with Gasteiger partial charge in [-0.2, -0.15) is 0 Å². The van der Waals surface area contributed by atoms with Crippen molar-refractivity contribution >= 4 is 21.9 Å². The van der Waals surface area contributed by atoms with Crippen LogP contribution in [0.2, 0.25) is 0 Å². The molecule has 100 valence electrons. The second kappa shape index (κ2) is 6.90. The van der Waals surface area contributed by atoms with Crippen molar-refractivity contribution < 1.29 is 9.53 Å². The van der Waals surface area contributed by atoms with Crippen molar-refractivity contribution in [3.05, 3.63) is 34.3 Å². The van der Waals surface area contributed by atoms with Gasteiger partial charge in [0, 0.05) is 10.9 Å². The minimum atomic E-state index is -0.668. The molecule has 0 aliphatic carbocycles. The van der Waals surface area contributed by atoms with Gasteiger partial charge in [-0.05, 0) is 37.6 Å². The second-order valence-corrected chi connectivity index (χ2v) is 5.47. The molecule has 0 aromatic heterocycles. The molecule has 4 heteroatoms. The van der Waals surface area contributed by atoms with Gasteiger partial charge in [0.1, 0.15) is 5.54 Å². The van der Waals surface area contributed by atoms with Crippen LogP contribution in [0.4, 0.5) is 0 Å². The number of benzene rings is 1. The first-order valence-electron chi connectivity index (χ1n) is 6.09. The molecule has 1 rings (SSSR count). The van der Waals surface area contributed by atoms with E-state index in [1.54, 1.807) is 0 Å². The third kappa shape index (κ3) is 4.10. The normalized spacial score (nSPS) is 14.0. The number of rotatable bonds is 6. The summed E-state index contributed by atoms with van der Waals surface area (Å²) >= 11 is 3.40. The van der Waals surface area contributed by atoms with Gasteiger partial charge in [-0.25, -0.2) is 0 Å². The van der Waals surface area contributed by atoms with E-state index in [0.29, 0.717) is 6.42 Å². The predicted molar refractivity (Wildman–Crippen MR) is 76.6 cm³/mol. The molecule has 18 heavy (non-hydrogen) atoms. The van der Waals surface area contributed by atoms with Crippen LogP contribution >= 0.6 is 15.9 Å². The second-order valence-electron chi connectivity index (χ2n) is 4.55. The highest BCUT2D eigenvalue weighted by molar-refractivity contribution is 9.10. The molecule has 0 fully saturated rings. The maximum atomic E-state index is 11.9. The molecular formula is C14H20BrNO2.